The highest BCUT2D eigenvalue weighted by Crippen LogP contribution is 2.30. The summed E-state index contributed by atoms with van der Waals surface area (Å²) in [4.78, 5) is 37.7. The lowest BCUT2D eigenvalue weighted by molar-refractivity contribution is 0.0682. The van der Waals surface area contributed by atoms with E-state index in [1.807, 2.05) is 6.07 Å². The van der Waals surface area contributed by atoms with Crippen LogP contribution in [0.1, 0.15) is 36.6 Å². The average Bonchev–Trinajstić information content (AvgIpc) is 2.91. The summed E-state index contributed by atoms with van der Waals surface area (Å²) < 4.78 is 12.7. The molecule has 0 saturated carbocycles. The highest BCUT2D eigenvalue weighted by Gasteiger charge is 2.17. The van der Waals surface area contributed by atoms with E-state index in [1.165, 1.54) is 18.3 Å². The second-order valence-electron chi connectivity index (χ2n) is 7.56. The lowest BCUT2D eigenvalue weighted by Crippen LogP contribution is -2.17. The molecule has 0 aliphatic rings. The molecule has 0 aliphatic heterocycles. The summed E-state index contributed by atoms with van der Waals surface area (Å²) in [5.74, 6) is -1.58. The number of ether oxygens (including phenoxy) is 2. The number of hydrogen-bond donors (Lipinski definition) is 1. The molecule has 4 rings (SSSR count). The van der Waals surface area contributed by atoms with Crippen LogP contribution in [0.5, 0.6) is 11.5 Å². The molecule has 7 nitrogen and oxygen atoms in total. The largest absolute Gasteiger partial charge is 0.419 e. The van der Waals surface area contributed by atoms with E-state index in [0.717, 1.165) is 8.95 Å². The van der Waals surface area contributed by atoms with Gasteiger partial charge in [-0.25, -0.2) is 15.0 Å². The predicted octanol–water partition coefficient (Wildman–Crippen LogP) is 6.41. The molecule has 0 bridgehead atoms. The van der Waals surface area contributed by atoms with Crippen LogP contribution in [-0.2, 0) is 0 Å². The van der Waals surface area contributed by atoms with E-state index in [9.17, 15) is 14.4 Å². The van der Waals surface area contributed by atoms with Gasteiger partial charge in [-0.15, -0.1) is 0 Å². The van der Waals surface area contributed by atoms with Gasteiger partial charge in [-0.05, 0) is 84.4 Å². The van der Waals surface area contributed by atoms with Crippen molar-refractivity contribution in [3.05, 3.63) is 128 Å². The molecule has 0 spiro atoms. The molecule has 0 aliphatic carbocycles. The summed E-state index contributed by atoms with van der Waals surface area (Å²) in [5.41, 5.74) is 4.02. The summed E-state index contributed by atoms with van der Waals surface area (Å²) in [6.07, 6.45) is 1.39. The van der Waals surface area contributed by atoms with Crippen LogP contribution in [-0.4, -0.2) is 24.1 Å². The fraction of sp³-hybridized carbons (Fsp3) is 0. The maximum absolute atomic E-state index is 12.8. The number of amides is 1. The Bertz CT molecular complexity index is 1450. The highest BCUT2D eigenvalue weighted by atomic mass is 79.9. The maximum atomic E-state index is 12.8. The second-order valence-corrected chi connectivity index (χ2v) is 9.40. The monoisotopic (exact) mass is 620 g/mol. The van der Waals surface area contributed by atoms with E-state index < -0.39 is 11.9 Å². The van der Waals surface area contributed by atoms with Crippen LogP contribution in [0.3, 0.4) is 0 Å². The smallest absolute Gasteiger partial charge is 0.343 e. The van der Waals surface area contributed by atoms with Gasteiger partial charge in [-0.2, -0.15) is 5.10 Å². The Morgan fingerprint density at radius 2 is 1.19 bits per heavy atom. The second kappa shape index (κ2) is 12.2. The molecule has 184 valence electrons. The Kier molecular flexibility index (Phi) is 8.60. The predicted molar refractivity (Wildman–Crippen MR) is 146 cm³/mol. The number of nitrogens with zero attached hydrogens (tertiary/aromatic N) is 1. The van der Waals surface area contributed by atoms with Crippen molar-refractivity contribution in [2.75, 3.05) is 0 Å². The van der Waals surface area contributed by atoms with Crippen LogP contribution in [0.4, 0.5) is 0 Å². The number of carbonyl (C=O) groups excluding carboxylic acids is 3. The molecule has 37 heavy (non-hydrogen) atoms. The third-order valence-corrected chi connectivity index (χ3v) is 6.01. The number of rotatable bonds is 7. The summed E-state index contributed by atoms with van der Waals surface area (Å²) in [7, 11) is 0. The maximum Gasteiger partial charge on any atom is 0.343 e. The molecule has 1 N–H and O–H groups in total. The first kappa shape index (κ1) is 26.0. The van der Waals surface area contributed by atoms with Crippen LogP contribution >= 0.6 is 31.9 Å². The van der Waals surface area contributed by atoms with Crippen LogP contribution in [0, 0.1) is 0 Å². The molecule has 0 atom stereocenters. The standard InChI is InChI=1S/C28H18Br2N2O5/c29-22-11-7-20(8-12-22)27(34)36-24-15-6-18(17-31-32-26(33)19-4-2-1-3-5-19)16-25(24)37-28(35)21-9-13-23(30)14-10-21/h1-17H,(H,32,33)/b31-17-. The first-order valence-corrected chi connectivity index (χ1v) is 12.5. The van der Waals surface area contributed by atoms with Crippen molar-refractivity contribution in [3.8, 4) is 11.5 Å². The Balaban J connectivity index is 1.56. The first-order chi connectivity index (χ1) is 17.9. The van der Waals surface area contributed by atoms with Gasteiger partial charge in [0.15, 0.2) is 11.5 Å². The first-order valence-electron chi connectivity index (χ1n) is 10.9. The third kappa shape index (κ3) is 7.22. The van der Waals surface area contributed by atoms with E-state index in [4.69, 9.17) is 9.47 Å². The summed E-state index contributed by atoms with van der Waals surface area (Å²) >= 11 is 6.65. The minimum Gasteiger partial charge on any atom is -0.419 e. The van der Waals surface area contributed by atoms with Gasteiger partial charge >= 0.3 is 11.9 Å². The fourth-order valence-corrected chi connectivity index (χ4v) is 3.61. The van der Waals surface area contributed by atoms with Crippen LogP contribution < -0.4 is 14.9 Å². The van der Waals surface area contributed by atoms with E-state index in [-0.39, 0.29) is 17.4 Å². The molecule has 0 radical (unpaired) electrons. The number of hydrogen-bond acceptors (Lipinski definition) is 6. The minimum absolute atomic E-state index is 0.0108. The van der Waals surface area contributed by atoms with Crippen LogP contribution in [0.15, 0.2) is 111 Å². The van der Waals surface area contributed by atoms with Gasteiger partial charge in [-0.1, -0.05) is 50.1 Å². The molecular formula is C28H18Br2N2O5. The zero-order valence-corrected chi connectivity index (χ0v) is 22.2. The molecule has 1 amide bonds. The number of nitrogens with one attached hydrogen (secondary N) is 1. The SMILES string of the molecule is O=C(N/N=C\c1ccc(OC(=O)c2ccc(Br)cc2)c(OC(=O)c2ccc(Br)cc2)c1)c1ccccc1. The van der Waals surface area contributed by atoms with Crippen molar-refractivity contribution in [3.63, 3.8) is 0 Å². The molecule has 0 aromatic heterocycles. The van der Waals surface area contributed by atoms with Crippen LogP contribution in [0.25, 0.3) is 0 Å². The Morgan fingerprint density at radius 1 is 0.649 bits per heavy atom. The van der Waals surface area contributed by atoms with Gasteiger partial charge in [-0.3, -0.25) is 4.79 Å². The van der Waals surface area contributed by atoms with Gasteiger partial charge in [0.25, 0.3) is 5.91 Å². The fourth-order valence-electron chi connectivity index (χ4n) is 3.08. The zero-order valence-electron chi connectivity index (χ0n) is 19.1. The van der Waals surface area contributed by atoms with Gasteiger partial charge in [0.2, 0.25) is 0 Å². The number of carbonyl (C=O) groups is 3. The van der Waals surface area contributed by atoms with Gasteiger partial charge in [0, 0.05) is 14.5 Å². The number of benzene rings is 4. The van der Waals surface area contributed by atoms with Crippen molar-refractivity contribution < 1.29 is 23.9 Å². The number of hydrazone groups is 1. The van der Waals surface area contributed by atoms with Crippen LogP contribution in [0.2, 0.25) is 0 Å². The molecule has 0 fully saturated rings. The van der Waals surface area contributed by atoms with Crippen molar-refractivity contribution >= 4 is 55.9 Å². The lowest BCUT2D eigenvalue weighted by atomic mass is 10.2. The summed E-state index contributed by atoms with van der Waals surface area (Å²) in [5, 5.41) is 3.97. The Hall–Kier alpha value is -4.08. The van der Waals surface area contributed by atoms with E-state index >= 15 is 0 Å². The molecule has 9 heteroatoms. The quantitative estimate of drug-likeness (QED) is 0.111. The van der Waals surface area contributed by atoms with Crippen molar-refractivity contribution in [2.24, 2.45) is 5.10 Å². The topological polar surface area (TPSA) is 94.1 Å². The van der Waals surface area contributed by atoms with Gasteiger partial charge < -0.3 is 9.47 Å². The zero-order chi connectivity index (χ0) is 26.2. The molecule has 4 aromatic rings. The van der Waals surface area contributed by atoms with Gasteiger partial charge in [0.1, 0.15) is 0 Å². The van der Waals surface area contributed by atoms with Gasteiger partial charge in [0.05, 0.1) is 17.3 Å². The van der Waals surface area contributed by atoms with Crippen molar-refractivity contribution in [2.45, 2.75) is 0 Å². The number of esters is 2. The lowest BCUT2D eigenvalue weighted by Gasteiger charge is -2.12. The molecule has 0 saturated heterocycles. The minimum atomic E-state index is -0.639. The third-order valence-electron chi connectivity index (χ3n) is 4.95. The molecule has 0 heterocycles. The van der Waals surface area contributed by atoms with Crippen molar-refractivity contribution in [1.82, 2.24) is 5.43 Å². The van der Waals surface area contributed by atoms with E-state index in [1.54, 1.807) is 78.9 Å². The van der Waals surface area contributed by atoms with E-state index in [2.05, 4.69) is 42.4 Å². The van der Waals surface area contributed by atoms with E-state index in [0.29, 0.717) is 22.3 Å². The summed E-state index contributed by atoms with van der Waals surface area (Å²) in [6.45, 7) is 0. The average molecular weight is 622 g/mol. The summed E-state index contributed by atoms with van der Waals surface area (Å²) in [6, 6.07) is 26.5. The normalized spacial score (nSPS) is 10.6. The number of halogens is 2. The van der Waals surface area contributed by atoms with Crippen molar-refractivity contribution in [1.29, 1.82) is 0 Å². The Labute approximate surface area is 229 Å². The molecular weight excluding hydrogens is 604 g/mol. The Morgan fingerprint density at radius 3 is 1.76 bits per heavy atom. The highest BCUT2D eigenvalue weighted by molar-refractivity contribution is 9.10. The molecule has 0 unspecified atom stereocenters. The molecule has 4 aromatic carbocycles.